The minimum atomic E-state index is -0.573. The minimum Gasteiger partial charge on any atom is -0.444 e. The second kappa shape index (κ2) is 4.06. The van der Waals surface area contributed by atoms with E-state index in [0.717, 1.165) is 0 Å². The number of carbonyl (C=O) groups is 2. The maximum atomic E-state index is 11.5. The minimum absolute atomic E-state index is 0.123. The summed E-state index contributed by atoms with van der Waals surface area (Å²) in [7, 11) is 0. The number of hydroxylamine groups is 2. The van der Waals surface area contributed by atoms with E-state index in [9.17, 15) is 9.59 Å². The van der Waals surface area contributed by atoms with Crippen LogP contribution in [-0.4, -0.2) is 52.4 Å². The number of piperazine rings is 1. The van der Waals surface area contributed by atoms with Crippen molar-refractivity contribution >= 4 is 12.0 Å². The number of amides is 2. The van der Waals surface area contributed by atoms with Crippen LogP contribution in [0.25, 0.3) is 0 Å². The Kier molecular flexibility index (Phi) is 3.18. The zero-order valence-corrected chi connectivity index (χ0v) is 9.19. The SMILES string of the molecule is CC(C)(C)OC(=O)N1CCN(O)C(=O)C1. The first-order valence-corrected chi connectivity index (χ1v) is 4.77. The molecule has 0 radical (unpaired) electrons. The van der Waals surface area contributed by atoms with Crippen LogP contribution in [0.2, 0.25) is 0 Å². The molecular formula is C9H16N2O4. The van der Waals surface area contributed by atoms with Gasteiger partial charge in [0.25, 0.3) is 5.91 Å². The lowest BCUT2D eigenvalue weighted by Gasteiger charge is -2.32. The molecule has 0 aromatic rings. The topological polar surface area (TPSA) is 70.1 Å². The first-order valence-electron chi connectivity index (χ1n) is 4.77. The molecule has 2 amide bonds. The van der Waals surface area contributed by atoms with Crippen LogP contribution in [0.3, 0.4) is 0 Å². The van der Waals surface area contributed by atoms with Gasteiger partial charge in [0.15, 0.2) is 0 Å². The van der Waals surface area contributed by atoms with Gasteiger partial charge in [-0.1, -0.05) is 0 Å². The molecule has 1 aliphatic heterocycles. The smallest absolute Gasteiger partial charge is 0.410 e. The van der Waals surface area contributed by atoms with Gasteiger partial charge in [-0.25, -0.2) is 9.86 Å². The number of nitrogens with zero attached hydrogens (tertiary/aromatic N) is 2. The van der Waals surface area contributed by atoms with Crippen molar-refractivity contribution in [3.8, 4) is 0 Å². The highest BCUT2D eigenvalue weighted by Gasteiger charge is 2.29. The van der Waals surface area contributed by atoms with Crippen LogP contribution in [0.1, 0.15) is 20.8 Å². The summed E-state index contributed by atoms with van der Waals surface area (Å²) in [5, 5.41) is 9.63. The van der Waals surface area contributed by atoms with E-state index in [1.54, 1.807) is 20.8 Å². The van der Waals surface area contributed by atoms with Gasteiger partial charge >= 0.3 is 6.09 Å². The molecule has 1 heterocycles. The Hall–Kier alpha value is -1.30. The molecule has 6 heteroatoms. The Morgan fingerprint density at radius 3 is 2.47 bits per heavy atom. The van der Waals surface area contributed by atoms with Crippen molar-refractivity contribution in [2.24, 2.45) is 0 Å². The first-order chi connectivity index (χ1) is 6.79. The average Bonchev–Trinajstić information content (AvgIpc) is 2.06. The summed E-state index contributed by atoms with van der Waals surface area (Å²) in [6, 6.07) is 0. The number of hydrogen-bond donors (Lipinski definition) is 1. The standard InChI is InChI=1S/C9H16N2O4/c1-9(2,3)15-8(13)10-4-5-11(14)7(12)6-10/h14H,4-6H2,1-3H3. The van der Waals surface area contributed by atoms with E-state index < -0.39 is 17.6 Å². The van der Waals surface area contributed by atoms with Gasteiger partial charge < -0.3 is 4.74 Å². The highest BCUT2D eigenvalue weighted by atomic mass is 16.6. The number of carbonyl (C=O) groups excluding carboxylic acids is 2. The zero-order chi connectivity index (χ0) is 11.6. The fourth-order valence-corrected chi connectivity index (χ4v) is 1.15. The third-order valence-electron chi connectivity index (χ3n) is 1.85. The van der Waals surface area contributed by atoms with Crippen LogP contribution in [0.5, 0.6) is 0 Å². The molecule has 1 N–H and O–H groups in total. The molecule has 1 saturated heterocycles. The fourth-order valence-electron chi connectivity index (χ4n) is 1.15. The molecular weight excluding hydrogens is 200 g/mol. The van der Waals surface area contributed by atoms with E-state index in [1.807, 2.05) is 0 Å². The van der Waals surface area contributed by atoms with Crippen LogP contribution in [0, 0.1) is 0 Å². The molecule has 0 atom stereocenters. The summed E-state index contributed by atoms with van der Waals surface area (Å²) in [6.45, 7) is 5.56. The van der Waals surface area contributed by atoms with Gasteiger partial charge in [0.05, 0.1) is 6.54 Å². The van der Waals surface area contributed by atoms with Gasteiger partial charge in [0.2, 0.25) is 0 Å². The Labute approximate surface area is 88.4 Å². The van der Waals surface area contributed by atoms with Crippen molar-refractivity contribution in [2.75, 3.05) is 19.6 Å². The number of hydrogen-bond acceptors (Lipinski definition) is 4. The maximum absolute atomic E-state index is 11.5. The van der Waals surface area contributed by atoms with Crippen molar-refractivity contribution in [2.45, 2.75) is 26.4 Å². The predicted octanol–water partition coefficient (Wildman–Crippen LogP) is 0.455. The van der Waals surface area contributed by atoms with Crippen LogP contribution >= 0.6 is 0 Å². The van der Waals surface area contributed by atoms with Crippen LogP contribution < -0.4 is 0 Å². The van der Waals surface area contributed by atoms with Gasteiger partial charge in [-0.2, -0.15) is 0 Å². The quantitative estimate of drug-likeness (QED) is 0.597. The third-order valence-corrected chi connectivity index (χ3v) is 1.85. The molecule has 1 fully saturated rings. The molecule has 0 aromatic carbocycles. The van der Waals surface area contributed by atoms with E-state index in [-0.39, 0.29) is 19.6 Å². The van der Waals surface area contributed by atoms with E-state index >= 15 is 0 Å². The zero-order valence-electron chi connectivity index (χ0n) is 9.19. The monoisotopic (exact) mass is 216 g/mol. The van der Waals surface area contributed by atoms with Gasteiger partial charge in [-0.3, -0.25) is 14.9 Å². The summed E-state index contributed by atoms with van der Waals surface area (Å²) in [6.07, 6.45) is -0.524. The molecule has 15 heavy (non-hydrogen) atoms. The predicted molar refractivity (Wildman–Crippen MR) is 51.3 cm³/mol. The van der Waals surface area contributed by atoms with Crippen molar-refractivity contribution in [3.05, 3.63) is 0 Å². The van der Waals surface area contributed by atoms with E-state index in [2.05, 4.69) is 0 Å². The van der Waals surface area contributed by atoms with E-state index in [0.29, 0.717) is 5.06 Å². The van der Waals surface area contributed by atoms with Crippen LogP contribution in [-0.2, 0) is 9.53 Å². The molecule has 0 bridgehead atoms. The third kappa shape index (κ3) is 3.39. The van der Waals surface area contributed by atoms with Gasteiger partial charge in [0, 0.05) is 6.54 Å². The number of ether oxygens (including phenoxy) is 1. The second-order valence-electron chi connectivity index (χ2n) is 4.42. The summed E-state index contributed by atoms with van der Waals surface area (Å²) in [5.74, 6) is -0.493. The molecule has 0 unspecified atom stereocenters. The molecule has 86 valence electrons. The number of rotatable bonds is 0. The highest BCUT2D eigenvalue weighted by molar-refractivity contribution is 5.82. The molecule has 0 aliphatic carbocycles. The van der Waals surface area contributed by atoms with E-state index in [1.165, 1.54) is 4.90 Å². The molecule has 1 rings (SSSR count). The Balaban J connectivity index is 2.52. The molecule has 1 aliphatic rings. The summed E-state index contributed by atoms with van der Waals surface area (Å²) in [5.41, 5.74) is -0.573. The molecule has 0 spiro atoms. The van der Waals surface area contributed by atoms with Gasteiger partial charge in [0.1, 0.15) is 12.1 Å². The van der Waals surface area contributed by atoms with Crippen LogP contribution in [0.15, 0.2) is 0 Å². The molecule has 0 aromatic heterocycles. The maximum Gasteiger partial charge on any atom is 0.410 e. The molecule has 0 saturated carbocycles. The highest BCUT2D eigenvalue weighted by Crippen LogP contribution is 2.11. The average molecular weight is 216 g/mol. The summed E-state index contributed by atoms with van der Waals surface area (Å²) < 4.78 is 5.10. The lowest BCUT2D eigenvalue weighted by atomic mass is 10.2. The van der Waals surface area contributed by atoms with Crippen LogP contribution in [0.4, 0.5) is 4.79 Å². The Morgan fingerprint density at radius 1 is 1.40 bits per heavy atom. The second-order valence-corrected chi connectivity index (χ2v) is 4.42. The first kappa shape index (κ1) is 11.8. The van der Waals surface area contributed by atoms with E-state index in [4.69, 9.17) is 9.94 Å². The van der Waals surface area contributed by atoms with Crippen molar-refractivity contribution in [1.82, 2.24) is 9.96 Å². The Morgan fingerprint density at radius 2 is 2.00 bits per heavy atom. The van der Waals surface area contributed by atoms with Gasteiger partial charge in [-0.05, 0) is 20.8 Å². The Bertz CT molecular complexity index is 272. The normalized spacial score (nSPS) is 18.0. The molecule has 6 nitrogen and oxygen atoms in total. The lowest BCUT2D eigenvalue weighted by Crippen LogP contribution is -2.52. The van der Waals surface area contributed by atoms with Gasteiger partial charge in [-0.15, -0.1) is 0 Å². The summed E-state index contributed by atoms with van der Waals surface area (Å²) >= 11 is 0. The lowest BCUT2D eigenvalue weighted by molar-refractivity contribution is -0.173. The fraction of sp³-hybridized carbons (Fsp3) is 0.778. The largest absolute Gasteiger partial charge is 0.444 e. The van der Waals surface area contributed by atoms with Crippen molar-refractivity contribution < 1.29 is 19.5 Å². The van der Waals surface area contributed by atoms with Crippen molar-refractivity contribution in [1.29, 1.82) is 0 Å². The summed E-state index contributed by atoms with van der Waals surface area (Å²) in [4.78, 5) is 23.9. The van der Waals surface area contributed by atoms with Crippen molar-refractivity contribution in [3.63, 3.8) is 0 Å².